The average Bonchev–Trinajstić information content (AvgIpc) is 2.08. The molecule has 0 fully saturated rings. The Morgan fingerprint density at radius 3 is 2.07 bits per heavy atom. The molecule has 0 aliphatic heterocycles. The monoisotopic (exact) mass is 222 g/mol. The fourth-order valence-corrected chi connectivity index (χ4v) is 1.26. The predicted molar refractivity (Wildman–Crippen MR) is 47.3 cm³/mol. The number of alkyl halides is 3. The molecule has 1 aromatic rings. The first-order valence-corrected chi connectivity index (χ1v) is 4.24. The highest BCUT2D eigenvalue weighted by atomic mass is 19.4. The minimum Gasteiger partial charge on any atom is -0.402 e. The third-order valence-electron chi connectivity index (χ3n) is 2.13. The van der Waals surface area contributed by atoms with Gasteiger partial charge in [-0.15, -0.1) is 13.2 Å². The molecule has 1 aromatic carbocycles. The SMILES string of the molecule is Cc1cc(C)c(F)c(OC(F)(F)F)c1C. The van der Waals surface area contributed by atoms with Crippen LogP contribution in [0.2, 0.25) is 0 Å². The maximum atomic E-state index is 13.3. The smallest absolute Gasteiger partial charge is 0.402 e. The first-order valence-electron chi connectivity index (χ1n) is 4.24. The third kappa shape index (κ3) is 2.61. The Bertz CT molecular complexity index is 356. The van der Waals surface area contributed by atoms with Crippen molar-refractivity contribution in [3.8, 4) is 5.75 Å². The maximum absolute atomic E-state index is 13.3. The summed E-state index contributed by atoms with van der Waals surface area (Å²) in [6, 6.07) is 1.48. The van der Waals surface area contributed by atoms with Gasteiger partial charge in [0.25, 0.3) is 0 Å². The molecule has 0 saturated carbocycles. The van der Waals surface area contributed by atoms with E-state index >= 15 is 0 Å². The number of rotatable bonds is 1. The lowest BCUT2D eigenvalue weighted by atomic mass is 10.1. The van der Waals surface area contributed by atoms with Crippen LogP contribution >= 0.6 is 0 Å². The molecule has 15 heavy (non-hydrogen) atoms. The highest BCUT2D eigenvalue weighted by Gasteiger charge is 2.33. The van der Waals surface area contributed by atoms with Crippen LogP contribution in [0.3, 0.4) is 0 Å². The topological polar surface area (TPSA) is 9.23 Å². The van der Waals surface area contributed by atoms with Crippen LogP contribution in [0.1, 0.15) is 16.7 Å². The van der Waals surface area contributed by atoms with E-state index in [1.807, 2.05) is 0 Å². The van der Waals surface area contributed by atoms with E-state index in [4.69, 9.17) is 0 Å². The average molecular weight is 222 g/mol. The Kier molecular flexibility index (Phi) is 2.93. The normalized spacial score (nSPS) is 11.7. The summed E-state index contributed by atoms with van der Waals surface area (Å²) in [6.07, 6.45) is -4.87. The van der Waals surface area contributed by atoms with E-state index in [0.717, 1.165) is 0 Å². The second-order valence-electron chi connectivity index (χ2n) is 3.33. The molecule has 1 rings (SSSR count). The molecule has 0 unspecified atom stereocenters. The fourth-order valence-electron chi connectivity index (χ4n) is 1.26. The maximum Gasteiger partial charge on any atom is 0.573 e. The summed E-state index contributed by atoms with van der Waals surface area (Å²) in [5.74, 6) is -1.70. The van der Waals surface area contributed by atoms with Crippen molar-refractivity contribution in [2.75, 3.05) is 0 Å². The number of aryl methyl sites for hydroxylation is 2. The first kappa shape index (κ1) is 11.8. The van der Waals surface area contributed by atoms with Crippen molar-refractivity contribution in [3.05, 3.63) is 28.6 Å². The molecule has 0 atom stereocenters. The fraction of sp³-hybridized carbons (Fsp3) is 0.400. The summed E-state index contributed by atoms with van der Waals surface area (Å²) in [6.45, 7) is 4.38. The van der Waals surface area contributed by atoms with E-state index < -0.39 is 17.9 Å². The van der Waals surface area contributed by atoms with Crippen LogP contribution in [0.4, 0.5) is 17.6 Å². The second kappa shape index (κ2) is 3.72. The molecule has 0 N–H and O–H groups in total. The van der Waals surface area contributed by atoms with Crippen LogP contribution in [0, 0.1) is 26.6 Å². The largest absolute Gasteiger partial charge is 0.573 e. The van der Waals surface area contributed by atoms with Gasteiger partial charge in [-0.3, -0.25) is 0 Å². The predicted octanol–water partition coefficient (Wildman–Crippen LogP) is 3.65. The Morgan fingerprint density at radius 1 is 1.07 bits per heavy atom. The van der Waals surface area contributed by atoms with Crippen LogP contribution in [-0.4, -0.2) is 6.36 Å². The zero-order valence-electron chi connectivity index (χ0n) is 8.50. The van der Waals surface area contributed by atoms with Gasteiger partial charge in [0.1, 0.15) is 0 Å². The number of halogens is 4. The van der Waals surface area contributed by atoms with Crippen molar-refractivity contribution in [1.29, 1.82) is 0 Å². The summed E-state index contributed by atoms with van der Waals surface area (Å²) in [5.41, 5.74) is 0.862. The van der Waals surface area contributed by atoms with Gasteiger partial charge in [0, 0.05) is 0 Å². The van der Waals surface area contributed by atoms with E-state index in [9.17, 15) is 17.6 Å². The Labute approximate surface area is 84.7 Å². The molecule has 0 aliphatic carbocycles. The Hall–Kier alpha value is -1.26. The zero-order chi connectivity index (χ0) is 11.8. The summed E-state index contributed by atoms with van der Waals surface area (Å²) in [7, 11) is 0. The van der Waals surface area contributed by atoms with Gasteiger partial charge in [-0.25, -0.2) is 4.39 Å². The van der Waals surface area contributed by atoms with E-state index in [-0.39, 0.29) is 11.1 Å². The van der Waals surface area contributed by atoms with E-state index in [2.05, 4.69) is 4.74 Å². The molecule has 0 aliphatic rings. The van der Waals surface area contributed by atoms with Crippen molar-refractivity contribution >= 4 is 0 Å². The van der Waals surface area contributed by atoms with Crippen molar-refractivity contribution in [3.63, 3.8) is 0 Å². The van der Waals surface area contributed by atoms with Crippen molar-refractivity contribution < 1.29 is 22.3 Å². The third-order valence-corrected chi connectivity index (χ3v) is 2.13. The molecule has 0 amide bonds. The highest BCUT2D eigenvalue weighted by molar-refractivity contribution is 5.43. The molecule has 0 spiro atoms. The first-order chi connectivity index (χ1) is 6.72. The van der Waals surface area contributed by atoms with Crippen LogP contribution in [0.5, 0.6) is 5.75 Å². The molecule has 84 valence electrons. The van der Waals surface area contributed by atoms with Crippen molar-refractivity contribution in [2.24, 2.45) is 0 Å². The van der Waals surface area contributed by atoms with Gasteiger partial charge in [0.2, 0.25) is 0 Å². The number of hydrogen-bond donors (Lipinski definition) is 0. The molecular weight excluding hydrogens is 212 g/mol. The minimum absolute atomic E-state index is 0.136. The summed E-state index contributed by atoms with van der Waals surface area (Å²) in [4.78, 5) is 0. The Morgan fingerprint density at radius 2 is 1.60 bits per heavy atom. The zero-order valence-corrected chi connectivity index (χ0v) is 8.50. The quantitative estimate of drug-likeness (QED) is 0.659. The Balaban J connectivity index is 3.27. The highest BCUT2D eigenvalue weighted by Crippen LogP contribution is 2.32. The van der Waals surface area contributed by atoms with Crippen LogP contribution < -0.4 is 4.74 Å². The van der Waals surface area contributed by atoms with Crippen LogP contribution in [-0.2, 0) is 0 Å². The molecule has 5 heteroatoms. The summed E-state index contributed by atoms with van der Waals surface area (Å²) < 4.78 is 52.9. The van der Waals surface area contributed by atoms with Gasteiger partial charge in [-0.05, 0) is 37.5 Å². The van der Waals surface area contributed by atoms with Gasteiger partial charge in [0.15, 0.2) is 11.6 Å². The van der Waals surface area contributed by atoms with Crippen molar-refractivity contribution in [1.82, 2.24) is 0 Å². The van der Waals surface area contributed by atoms with Gasteiger partial charge >= 0.3 is 6.36 Å². The molecule has 0 heterocycles. The van der Waals surface area contributed by atoms with Crippen LogP contribution in [0.15, 0.2) is 6.07 Å². The molecule has 1 nitrogen and oxygen atoms in total. The van der Waals surface area contributed by atoms with Gasteiger partial charge in [-0.1, -0.05) is 6.07 Å². The molecular formula is C10H10F4O. The minimum atomic E-state index is -4.87. The summed E-state index contributed by atoms with van der Waals surface area (Å²) in [5, 5.41) is 0. The van der Waals surface area contributed by atoms with Crippen LogP contribution in [0.25, 0.3) is 0 Å². The van der Waals surface area contributed by atoms with E-state index in [1.165, 1.54) is 19.9 Å². The van der Waals surface area contributed by atoms with E-state index in [1.54, 1.807) is 6.92 Å². The number of ether oxygens (including phenoxy) is 1. The lowest BCUT2D eigenvalue weighted by molar-refractivity contribution is -0.275. The number of hydrogen-bond acceptors (Lipinski definition) is 1. The van der Waals surface area contributed by atoms with Gasteiger partial charge in [-0.2, -0.15) is 0 Å². The second-order valence-corrected chi connectivity index (χ2v) is 3.33. The van der Waals surface area contributed by atoms with Gasteiger partial charge < -0.3 is 4.74 Å². The summed E-state index contributed by atoms with van der Waals surface area (Å²) >= 11 is 0. The molecule has 0 saturated heterocycles. The lowest BCUT2D eigenvalue weighted by Gasteiger charge is -2.15. The molecule has 0 aromatic heterocycles. The molecule has 0 bridgehead atoms. The van der Waals surface area contributed by atoms with E-state index in [0.29, 0.717) is 5.56 Å². The number of benzene rings is 1. The molecule has 0 radical (unpaired) electrons. The standard InChI is InChI=1S/C10H10F4O/c1-5-4-6(2)8(11)9(7(5)3)15-10(12,13)14/h4H,1-3H3. The van der Waals surface area contributed by atoms with Gasteiger partial charge in [0.05, 0.1) is 0 Å². The van der Waals surface area contributed by atoms with Crippen molar-refractivity contribution in [2.45, 2.75) is 27.1 Å². The lowest BCUT2D eigenvalue weighted by Crippen LogP contribution is -2.19.